The predicted molar refractivity (Wildman–Crippen MR) is 112 cm³/mol. The number of para-hydroxylation sites is 1. The fraction of sp³-hybridized carbons (Fsp3) is 0.238. The molecule has 2 aromatic carbocycles. The van der Waals surface area contributed by atoms with Gasteiger partial charge in [0.1, 0.15) is 5.69 Å². The summed E-state index contributed by atoms with van der Waals surface area (Å²) < 4.78 is 1.81. The van der Waals surface area contributed by atoms with Gasteiger partial charge in [0.25, 0.3) is 5.69 Å². The topological polar surface area (TPSA) is 79.8 Å². The molecule has 1 aliphatic heterocycles. The third-order valence-corrected chi connectivity index (χ3v) is 4.95. The van der Waals surface area contributed by atoms with Gasteiger partial charge in [-0.05, 0) is 31.3 Å². The number of non-ortho nitro benzene ring substituents is 1. The van der Waals surface area contributed by atoms with Gasteiger partial charge in [0, 0.05) is 55.6 Å². The summed E-state index contributed by atoms with van der Waals surface area (Å²) in [7, 11) is 2.11. The third kappa shape index (κ3) is 4.33. The highest BCUT2D eigenvalue weighted by atomic mass is 16.6. The van der Waals surface area contributed by atoms with Crippen molar-refractivity contribution < 1.29 is 4.92 Å². The Bertz CT molecular complexity index is 1010. The minimum absolute atomic E-state index is 0.0592. The van der Waals surface area contributed by atoms with Crippen molar-refractivity contribution in [2.45, 2.75) is 0 Å². The lowest BCUT2D eigenvalue weighted by molar-refractivity contribution is -0.384. The summed E-state index contributed by atoms with van der Waals surface area (Å²) >= 11 is 0. The second-order valence-electron chi connectivity index (χ2n) is 7.02. The Morgan fingerprint density at radius 3 is 2.38 bits per heavy atom. The molecule has 0 amide bonds. The van der Waals surface area contributed by atoms with Gasteiger partial charge in [0.05, 0.1) is 16.8 Å². The number of hydrogen-bond acceptors (Lipinski definition) is 6. The molecule has 1 aromatic heterocycles. The van der Waals surface area contributed by atoms with Gasteiger partial charge >= 0.3 is 0 Å². The summed E-state index contributed by atoms with van der Waals surface area (Å²) in [6, 6.07) is 16.3. The van der Waals surface area contributed by atoms with Crippen LogP contribution in [0.25, 0.3) is 16.9 Å². The fourth-order valence-corrected chi connectivity index (χ4v) is 3.22. The summed E-state index contributed by atoms with van der Waals surface area (Å²) in [5.74, 6) is 0. The molecule has 0 atom stereocenters. The molecular weight excluding hydrogens is 368 g/mol. The Hall–Kier alpha value is -3.52. The SMILES string of the molecule is CN1CCN(/N=C\c2cn(-c3ccccc3)nc2-c2ccc([N+](=O)[O-])cc2)CC1. The quantitative estimate of drug-likeness (QED) is 0.380. The van der Waals surface area contributed by atoms with Crippen LogP contribution in [0.15, 0.2) is 65.9 Å². The average Bonchev–Trinajstić information content (AvgIpc) is 3.18. The molecule has 0 saturated carbocycles. The van der Waals surface area contributed by atoms with E-state index in [-0.39, 0.29) is 5.69 Å². The molecule has 8 heteroatoms. The van der Waals surface area contributed by atoms with Crippen molar-refractivity contribution in [1.29, 1.82) is 0 Å². The van der Waals surface area contributed by atoms with Crippen LogP contribution >= 0.6 is 0 Å². The van der Waals surface area contributed by atoms with Crippen molar-refractivity contribution in [2.75, 3.05) is 33.2 Å². The Morgan fingerprint density at radius 1 is 1.03 bits per heavy atom. The van der Waals surface area contributed by atoms with Crippen LogP contribution in [0.5, 0.6) is 0 Å². The van der Waals surface area contributed by atoms with E-state index in [9.17, 15) is 10.1 Å². The largest absolute Gasteiger partial charge is 0.303 e. The van der Waals surface area contributed by atoms with E-state index in [0.29, 0.717) is 0 Å². The molecule has 0 spiro atoms. The van der Waals surface area contributed by atoms with E-state index in [1.807, 2.05) is 47.4 Å². The lowest BCUT2D eigenvalue weighted by Crippen LogP contribution is -2.41. The van der Waals surface area contributed by atoms with Gasteiger partial charge in [0.2, 0.25) is 0 Å². The standard InChI is InChI=1S/C21H22N6O2/c1-24-11-13-25(14-12-24)22-15-18-16-26(19-5-3-2-4-6-19)23-21(18)17-7-9-20(10-8-17)27(28)29/h2-10,15-16H,11-14H2,1H3/b22-15-. The van der Waals surface area contributed by atoms with E-state index in [1.54, 1.807) is 12.1 Å². The molecule has 4 rings (SSSR count). The first kappa shape index (κ1) is 18.8. The molecule has 0 bridgehead atoms. The van der Waals surface area contributed by atoms with E-state index in [2.05, 4.69) is 22.1 Å². The molecule has 3 aromatic rings. The number of piperazine rings is 1. The van der Waals surface area contributed by atoms with E-state index in [1.165, 1.54) is 12.1 Å². The van der Waals surface area contributed by atoms with Gasteiger partial charge in [-0.3, -0.25) is 15.1 Å². The van der Waals surface area contributed by atoms with Crippen molar-refractivity contribution >= 4 is 11.9 Å². The lowest BCUT2D eigenvalue weighted by Gasteiger charge is -2.30. The average molecular weight is 390 g/mol. The third-order valence-electron chi connectivity index (χ3n) is 4.95. The molecule has 0 N–H and O–H groups in total. The van der Waals surface area contributed by atoms with Crippen LogP contribution < -0.4 is 0 Å². The Labute approximate surface area is 168 Å². The van der Waals surface area contributed by atoms with Crippen molar-refractivity contribution in [3.63, 3.8) is 0 Å². The zero-order chi connectivity index (χ0) is 20.2. The Morgan fingerprint density at radius 2 is 1.72 bits per heavy atom. The van der Waals surface area contributed by atoms with Crippen molar-refractivity contribution in [3.8, 4) is 16.9 Å². The number of hydrogen-bond donors (Lipinski definition) is 0. The second-order valence-corrected chi connectivity index (χ2v) is 7.02. The van der Waals surface area contributed by atoms with Gasteiger partial charge in [-0.15, -0.1) is 0 Å². The highest BCUT2D eigenvalue weighted by molar-refractivity contribution is 5.88. The number of benzene rings is 2. The monoisotopic (exact) mass is 390 g/mol. The molecule has 148 valence electrons. The molecule has 0 radical (unpaired) electrons. The molecule has 29 heavy (non-hydrogen) atoms. The normalized spacial score (nSPS) is 15.1. The van der Waals surface area contributed by atoms with Gasteiger partial charge in [-0.1, -0.05) is 18.2 Å². The van der Waals surface area contributed by atoms with Gasteiger partial charge in [0.15, 0.2) is 0 Å². The zero-order valence-corrected chi connectivity index (χ0v) is 16.2. The van der Waals surface area contributed by atoms with Gasteiger partial charge in [-0.25, -0.2) is 4.68 Å². The molecule has 1 aliphatic rings. The molecule has 1 fully saturated rings. The van der Waals surface area contributed by atoms with E-state index >= 15 is 0 Å². The van der Waals surface area contributed by atoms with Crippen molar-refractivity contribution in [1.82, 2.24) is 19.7 Å². The summed E-state index contributed by atoms with van der Waals surface area (Å²) in [5, 5.41) is 22.4. The van der Waals surface area contributed by atoms with Crippen LogP contribution in [0.1, 0.15) is 5.56 Å². The maximum atomic E-state index is 11.0. The number of nitrogens with zero attached hydrogens (tertiary/aromatic N) is 6. The van der Waals surface area contributed by atoms with E-state index in [0.717, 1.165) is 48.7 Å². The van der Waals surface area contributed by atoms with Crippen LogP contribution in [0.4, 0.5) is 5.69 Å². The summed E-state index contributed by atoms with van der Waals surface area (Å²) in [6.45, 7) is 3.73. The van der Waals surface area contributed by atoms with E-state index < -0.39 is 4.92 Å². The lowest BCUT2D eigenvalue weighted by atomic mass is 10.1. The number of hydrazone groups is 1. The number of rotatable bonds is 5. The predicted octanol–water partition coefficient (Wildman–Crippen LogP) is 3.03. The van der Waals surface area contributed by atoms with Crippen molar-refractivity contribution in [3.05, 3.63) is 76.5 Å². The minimum Gasteiger partial charge on any atom is -0.303 e. The molecule has 2 heterocycles. The molecule has 8 nitrogen and oxygen atoms in total. The first-order valence-corrected chi connectivity index (χ1v) is 9.47. The van der Waals surface area contributed by atoms with Crippen LogP contribution in [0, 0.1) is 10.1 Å². The Balaban J connectivity index is 1.68. The van der Waals surface area contributed by atoms with Gasteiger partial charge in [-0.2, -0.15) is 10.2 Å². The fourth-order valence-electron chi connectivity index (χ4n) is 3.22. The zero-order valence-electron chi connectivity index (χ0n) is 16.2. The summed E-state index contributed by atoms with van der Waals surface area (Å²) in [6.07, 6.45) is 3.76. The van der Waals surface area contributed by atoms with Crippen LogP contribution in [0.2, 0.25) is 0 Å². The number of aromatic nitrogens is 2. The van der Waals surface area contributed by atoms with Crippen molar-refractivity contribution in [2.24, 2.45) is 5.10 Å². The first-order chi connectivity index (χ1) is 14.1. The molecule has 1 saturated heterocycles. The molecule has 0 aliphatic carbocycles. The summed E-state index contributed by atoms with van der Waals surface area (Å²) in [5.41, 5.74) is 3.41. The van der Waals surface area contributed by atoms with E-state index in [4.69, 9.17) is 5.10 Å². The van der Waals surface area contributed by atoms with Crippen LogP contribution in [-0.2, 0) is 0 Å². The maximum absolute atomic E-state index is 11.0. The highest BCUT2D eigenvalue weighted by Crippen LogP contribution is 2.25. The Kier molecular flexibility index (Phi) is 5.35. The number of nitro benzene ring substituents is 1. The molecule has 0 unspecified atom stereocenters. The van der Waals surface area contributed by atoms with Crippen LogP contribution in [-0.4, -0.2) is 64.1 Å². The highest BCUT2D eigenvalue weighted by Gasteiger charge is 2.15. The van der Waals surface area contributed by atoms with Gasteiger partial charge < -0.3 is 4.90 Å². The number of likely N-dealkylation sites (N-methyl/N-ethyl adjacent to an activating group) is 1. The first-order valence-electron chi connectivity index (χ1n) is 9.47. The van der Waals surface area contributed by atoms with Crippen LogP contribution in [0.3, 0.4) is 0 Å². The number of nitro groups is 1. The molecular formula is C21H22N6O2. The minimum atomic E-state index is -0.401. The second kappa shape index (κ2) is 8.24. The summed E-state index contributed by atoms with van der Waals surface area (Å²) in [4.78, 5) is 12.8. The smallest absolute Gasteiger partial charge is 0.269 e. The maximum Gasteiger partial charge on any atom is 0.269 e.